The van der Waals surface area contributed by atoms with Crippen LogP contribution < -0.4 is 5.19 Å². The van der Waals surface area contributed by atoms with Gasteiger partial charge in [-0.3, -0.25) is 0 Å². The van der Waals surface area contributed by atoms with Gasteiger partial charge in [-0.2, -0.15) is 0 Å². The van der Waals surface area contributed by atoms with Crippen molar-refractivity contribution >= 4 is 23.1 Å². The van der Waals surface area contributed by atoms with E-state index >= 15 is 0 Å². The van der Waals surface area contributed by atoms with Crippen LogP contribution in [0.3, 0.4) is 0 Å². The van der Waals surface area contributed by atoms with Crippen molar-refractivity contribution in [2.75, 3.05) is 0 Å². The van der Waals surface area contributed by atoms with E-state index in [1.807, 2.05) is 12.1 Å². The molecule has 2 aliphatic rings. The number of sulfone groups is 1. The Bertz CT molecular complexity index is 640. The Labute approximate surface area is 128 Å². The third kappa shape index (κ3) is 2.49. The molecule has 3 nitrogen and oxygen atoms in total. The maximum Gasteiger partial charge on any atom is 0.156 e. The maximum absolute atomic E-state index is 12.2. The van der Waals surface area contributed by atoms with Gasteiger partial charge in [-0.15, -0.1) is 0 Å². The van der Waals surface area contributed by atoms with Crippen molar-refractivity contribution < 1.29 is 13.5 Å². The van der Waals surface area contributed by atoms with Crippen LogP contribution in [0.2, 0.25) is 19.6 Å². The summed E-state index contributed by atoms with van der Waals surface area (Å²) in [5.74, 6) is 0. The highest BCUT2D eigenvalue weighted by atomic mass is 32.2. The molecule has 0 radical (unpaired) electrons. The standard InChI is InChI=1S/C16H24O3SSi/c1-21(2,3)15-6-4-5-12(9-15)16(17)10-13-7-8-14(11-16)20(13,18)19/h4-6,9,13-14,17H,7-8,10-11H2,1-3H3. The average molecular weight is 325 g/mol. The van der Waals surface area contributed by atoms with Gasteiger partial charge in [-0.1, -0.05) is 49.1 Å². The molecule has 2 heterocycles. The topological polar surface area (TPSA) is 54.4 Å². The van der Waals surface area contributed by atoms with Crippen LogP contribution in [0.5, 0.6) is 0 Å². The molecule has 0 aromatic heterocycles. The number of benzene rings is 1. The summed E-state index contributed by atoms with van der Waals surface area (Å²) in [6.07, 6.45) is 2.15. The van der Waals surface area contributed by atoms with Gasteiger partial charge < -0.3 is 5.11 Å². The van der Waals surface area contributed by atoms with Crippen molar-refractivity contribution in [2.45, 2.75) is 61.4 Å². The number of aliphatic hydroxyl groups is 1. The van der Waals surface area contributed by atoms with E-state index in [0.29, 0.717) is 25.7 Å². The van der Waals surface area contributed by atoms with E-state index < -0.39 is 23.5 Å². The first-order valence-electron chi connectivity index (χ1n) is 7.69. The molecule has 116 valence electrons. The molecule has 0 saturated carbocycles. The number of hydrogen-bond acceptors (Lipinski definition) is 3. The van der Waals surface area contributed by atoms with Gasteiger partial charge in [0.2, 0.25) is 0 Å². The van der Waals surface area contributed by atoms with Gasteiger partial charge in [0.15, 0.2) is 9.84 Å². The minimum absolute atomic E-state index is 0.350. The van der Waals surface area contributed by atoms with Crippen LogP contribution in [0, 0.1) is 0 Å². The second-order valence-corrected chi connectivity index (χ2v) is 15.3. The highest BCUT2D eigenvalue weighted by Crippen LogP contribution is 2.47. The molecule has 2 saturated heterocycles. The fourth-order valence-electron chi connectivity index (χ4n) is 3.76. The highest BCUT2D eigenvalue weighted by Gasteiger charge is 2.53. The summed E-state index contributed by atoms with van der Waals surface area (Å²) >= 11 is 0. The van der Waals surface area contributed by atoms with Gasteiger partial charge in [0, 0.05) is 0 Å². The van der Waals surface area contributed by atoms with Gasteiger partial charge in [0.05, 0.1) is 24.2 Å². The Morgan fingerprint density at radius 1 is 1.14 bits per heavy atom. The second-order valence-electron chi connectivity index (χ2n) is 7.68. The second kappa shape index (κ2) is 4.67. The zero-order valence-corrected chi connectivity index (χ0v) is 14.8. The predicted molar refractivity (Wildman–Crippen MR) is 88.3 cm³/mol. The summed E-state index contributed by atoms with van der Waals surface area (Å²) < 4.78 is 24.4. The molecule has 5 heteroatoms. The zero-order valence-electron chi connectivity index (χ0n) is 13.0. The molecule has 2 bridgehead atoms. The van der Waals surface area contributed by atoms with Gasteiger partial charge in [0.25, 0.3) is 0 Å². The molecule has 2 atom stereocenters. The SMILES string of the molecule is C[Si](C)(C)c1cccc(C2(O)CC3CCC(C2)S3(=O)=O)c1. The third-order valence-corrected chi connectivity index (χ3v) is 9.84. The van der Waals surface area contributed by atoms with Gasteiger partial charge in [0.1, 0.15) is 0 Å². The van der Waals surface area contributed by atoms with Crippen molar-refractivity contribution in [1.29, 1.82) is 0 Å². The van der Waals surface area contributed by atoms with Gasteiger partial charge in [-0.05, 0) is 31.2 Å². The first-order valence-corrected chi connectivity index (χ1v) is 12.8. The Hall–Kier alpha value is -0.653. The first-order chi connectivity index (χ1) is 9.63. The van der Waals surface area contributed by atoms with Crippen LogP contribution in [0.1, 0.15) is 31.2 Å². The predicted octanol–water partition coefficient (Wildman–Crippen LogP) is 2.16. The van der Waals surface area contributed by atoms with Gasteiger partial charge >= 0.3 is 0 Å². The molecule has 0 aliphatic carbocycles. The van der Waals surface area contributed by atoms with Crippen molar-refractivity contribution in [1.82, 2.24) is 0 Å². The molecule has 0 spiro atoms. The molecule has 21 heavy (non-hydrogen) atoms. The number of rotatable bonds is 2. The Balaban J connectivity index is 1.98. The molecular formula is C16H24O3SSi. The Kier molecular flexibility index (Phi) is 3.39. The lowest BCUT2D eigenvalue weighted by atomic mass is 9.86. The van der Waals surface area contributed by atoms with E-state index in [9.17, 15) is 13.5 Å². The summed E-state index contributed by atoms with van der Waals surface area (Å²) in [5.41, 5.74) is -0.0541. The first kappa shape index (κ1) is 15.3. The molecule has 3 rings (SSSR count). The van der Waals surface area contributed by atoms with E-state index in [2.05, 4.69) is 31.8 Å². The molecule has 1 aromatic rings. The van der Waals surface area contributed by atoms with Gasteiger partial charge in [-0.25, -0.2) is 8.42 Å². The third-order valence-electron chi connectivity index (χ3n) is 5.14. The molecule has 2 fully saturated rings. The molecule has 2 unspecified atom stereocenters. The molecule has 2 aliphatic heterocycles. The average Bonchev–Trinajstić information content (AvgIpc) is 2.58. The normalized spacial score (nSPS) is 34.9. The molecule has 1 N–H and O–H groups in total. The summed E-state index contributed by atoms with van der Waals surface area (Å²) in [6, 6.07) is 8.21. The fourth-order valence-corrected chi connectivity index (χ4v) is 7.43. The summed E-state index contributed by atoms with van der Waals surface area (Å²) in [5, 5.41) is 11.7. The Morgan fingerprint density at radius 2 is 1.71 bits per heavy atom. The van der Waals surface area contributed by atoms with Crippen LogP contribution in [-0.2, 0) is 15.4 Å². The lowest BCUT2D eigenvalue weighted by Gasteiger charge is -2.37. The highest BCUT2D eigenvalue weighted by molar-refractivity contribution is 7.93. The largest absolute Gasteiger partial charge is 0.385 e. The number of hydrogen-bond donors (Lipinski definition) is 1. The summed E-state index contributed by atoms with van der Waals surface area (Å²) in [7, 11) is -4.44. The van der Waals surface area contributed by atoms with Crippen molar-refractivity contribution in [3.8, 4) is 0 Å². The molecule has 0 amide bonds. The zero-order chi connectivity index (χ0) is 15.5. The van der Waals surface area contributed by atoms with Crippen LogP contribution >= 0.6 is 0 Å². The smallest absolute Gasteiger partial charge is 0.156 e. The minimum atomic E-state index is -3.00. The lowest BCUT2D eigenvalue weighted by molar-refractivity contribution is 0.0174. The quantitative estimate of drug-likeness (QED) is 0.848. The summed E-state index contributed by atoms with van der Waals surface area (Å²) in [4.78, 5) is 0. The van der Waals surface area contributed by atoms with Crippen LogP contribution in [-0.4, -0.2) is 32.1 Å². The fraction of sp³-hybridized carbons (Fsp3) is 0.625. The molecular weight excluding hydrogens is 300 g/mol. The van der Waals surface area contributed by atoms with E-state index in [4.69, 9.17) is 0 Å². The van der Waals surface area contributed by atoms with Crippen molar-refractivity contribution in [3.63, 3.8) is 0 Å². The molecule has 1 aromatic carbocycles. The van der Waals surface area contributed by atoms with Crippen molar-refractivity contribution in [3.05, 3.63) is 29.8 Å². The monoisotopic (exact) mass is 324 g/mol. The summed E-state index contributed by atoms with van der Waals surface area (Å²) in [6.45, 7) is 6.85. The number of fused-ring (bicyclic) bond motifs is 2. The maximum atomic E-state index is 12.2. The Morgan fingerprint density at radius 3 is 2.24 bits per heavy atom. The van der Waals surface area contributed by atoms with E-state index in [1.165, 1.54) is 5.19 Å². The van der Waals surface area contributed by atoms with Crippen LogP contribution in [0.15, 0.2) is 24.3 Å². The van der Waals surface area contributed by atoms with Crippen molar-refractivity contribution in [2.24, 2.45) is 0 Å². The minimum Gasteiger partial charge on any atom is -0.385 e. The lowest BCUT2D eigenvalue weighted by Crippen LogP contribution is -2.44. The van der Waals surface area contributed by atoms with Crippen LogP contribution in [0.4, 0.5) is 0 Å². The van der Waals surface area contributed by atoms with E-state index in [0.717, 1.165) is 5.56 Å². The van der Waals surface area contributed by atoms with E-state index in [-0.39, 0.29) is 10.5 Å². The van der Waals surface area contributed by atoms with E-state index in [1.54, 1.807) is 0 Å². The van der Waals surface area contributed by atoms with Crippen LogP contribution in [0.25, 0.3) is 0 Å².